The molecule has 1 aromatic rings. The van der Waals surface area contributed by atoms with Crippen LogP contribution in [-0.4, -0.2) is 29.4 Å². The maximum atomic E-state index is 12.1. The summed E-state index contributed by atoms with van der Waals surface area (Å²) in [6.07, 6.45) is -1.25. The van der Waals surface area contributed by atoms with Gasteiger partial charge in [-0.3, -0.25) is 9.59 Å². The molecule has 25 heavy (non-hydrogen) atoms. The van der Waals surface area contributed by atoms with E-state index in [1.54, 1.807) is 38.1 Å². The van der Waals surface area contributed by atoms with Crippen molar-refractivity contribution in [2.45, 2.75) is 51.9 Å². The number of hydrogen-bond acceptors (Lipinski definition) is 5. The van der Waals surface area contributed by atoms with Gasteiger partial charge in [-0.1, -0.05) is 37.6 Å². The van der Waals surface area contributed by atoms with Crippen molar-refractivity contribution in [2.24, 2.45) is 0 Å². The van der Waals surface area contributed by atoms with Crippen LogP contribution in [0.4, 0.5) is 4.79 Å². The van der Waals surface area contributed by atoms with Crippen molar-refractivity contribution >= 4 is 29.6 Å². The fourth-order valence-corrected chi connectivity index (χ4v) is 2.13. The summed E-state index contributed by atoms with van der Waals surface area (Å²) >= 11 is 5.84. The minimum Gasteiger partial charge on any atom is -0.481 e. The van der Waals surface area contributed by atoms with Crippen LogP contribution in [0, 0.1) is 0 Å². The number of hydrogen-bond donors (Lipinski definition) is 2. The molecule has 0 saturated heterocycles. The van der Waals surface area contributed by atoms with Gasteiger partial charge in [0.25, 0.3) is 0 Å². The third kappa shape index (κ3) is 7.89. The normalized spacial score (nSPS) is 12.8. The van der Waals surface area contributed by atoms with Crippen molar-refractivity contribution in [1.82, 2.24) is 5.32 Å². The Morgan fingerprint density at radius 3 is 2.32 bits per heavy atom. The number of alkyl carbamates (subject to hydrolysis) is 1. The van der Waals surface area contributed by atoms with Gasteiger partial charge in [0, 0.05) is 24.3 Å². The number of halogens is 1. The zero-order valence-corrected chi connectivity index (χ0v) is 14.9. The molecule has 0 aliphatic carbocycles. The van der Waals surface area contributed by atoms with E-state index >= 15 is 0 Å². The minimum atomic E-state index is -0.988. The lowest BCUT2D eigenvalue weighted by molar-refractivity contribution is -0.167. The van der Waals surface area contributed by atoms with Crippen LogP contribution in [0.5, 0.6) is 0 Å². The van der Waals surface area contributed by atoms with Crippen LogP contribution in [0.15, 0.2) is 24.3 Å². The average Bonchev–Trinajstić information content (AvgIpc) is 2.58. The van der Waals surface area contributed by atoms with E-state index in [1.807, 2.05) is 0 Å². The molecule has 0 aliphatic heterocycles. The molecule has 1 rings (SSSR count). The number of carbonyl (C=O) groups excluding carboxylic acids is 2. The molecule has 7 nitrogen and oxygen atoms in total. The topological polar surface area (TPSA) is 102 Å². The van der Waals surface area contributed by atoms with Crippen LogP contribution in [0.25, 0.3) is 0 Å². The number of carbonyl (C=O) groups is 3. The van der Waals surface area contributed by atoms with Gasteiger partial charge < -0.3 is 19.9 Å². The quantitative estimate of drug-likeness (QED) is 0.507. The van der Waals surface area contributed by atoms with E-state index in [9.17, 15) is 14.4 Å². The molecule has 0 fully saturated rings. The second-order valence-corrected chi connectivity index (χ2v) is 5.70. The van der Waals surface area contributed by atoms with Crippen LogP contribution >= 0.6 is 11.6 Å². The summed E-state index contributed by atoms with van der Waals surface area (Å²) in [4.78, 5) is 34.2. The number of amides is 1. The Balaban J connectivity index is 2.74. The van der Waals surface area contributed by atoms with Crippen LogP contribution in [-0.2, 0) is 19.1 Å². The largest absolute Gasteiger partial charge is 0.481 e. The summed E-state index contributed by atoms with van der Waals surface area (Å²) in [5.41, 5.74) is 0.696. The number of nitrogens with one attached hydrogen (secondary N) is 1. The third-order valence-electron chi connectivity index (χ3n) is 3.33. The molecule has 8 heteroatoms. The predicted molar refractivity (Wildman–Crippen MR) is 91.1 cm³/mol. The van der Waals surface area contributed by atoms with Gasteiger partial charge in [0.05, 0.1) is 6.04 Å². The van der Waals surface area contributed by atoms with E-state index in [2.05, 4.69) is 5.32 Å². The van der Waals surface area contributed by atoms with Crippen LogP contribution in [0.3, 0.4) is 0 Å². The molecule has 0 spiro atoms. The van der Waals surface area contributed by atoms with Crippen molar-refractivity contribution in [2.75, 3.05) is 0 Å². The molecule has 2 N–H and O–H groups in total. The molecule has 0 aromatic heterocycles. The standard InChI is InChI=1S/C17H22ClNO6/c1-3-15(22)24-16(4-2)25-17(23)19-13(9-10-14(20)21)11-5-7-12(18)8-6-11/h5-8,13,16H,3-4,9-10H2,1-2H3,(H,19,23)(H,20,21). The summed E-state index contributed by atoms with van der Waals surface area (Å²) in [6, 6.07) is 6.12. The van der Waals surface area contributed by atoms with E-state index in [0.29, 0.717) is 17.0 Å². The molecule has 0 saturated carbocycles. The molecule has 2 atom stereocenters. The molecular formula is C17H22ClNO6. The monoisotopic (exact) mass is 371 g/mol. The van der Waals surface area contributed by atoms with E-state index in [4.69, 9.17) is 26.2 Å². The minimum absolute atomic E-state index is 0.129. The van der Waals surface area contributed by atoms with Crippen LogP contribution < -0.4 is 5.32 Å². The third-order valence-corrected chi connectivity index (χ3v) is 3.59. The summed E-state index contributed by atoms with van der Waals surface area (Å²) in [7, 11) is 0. The lowest BCUT2D eigenvalue weighted by Crippen LogP contribution is -2.34. The molecule has 2 unspecified atom stereocenters. The number of esters is 1. The Labute approximate surface area is 151 Å². The van der Waals surface area contributed by atoms with Crippen molar-refractivity contribution < 1.29 is 29.0 Å². The van der Waals surface area contributed by atoms with Gasteiger partial charge in [0.1, 0.15) is 0 Å². The van der Waals surface area contributed by atoms with Crippen molar-refractivity contribution in [3.63, 3.8) is 0 Å². The molecule has 0 aliphatic rings. The van der Waals surface area contributed by atoms with E-state index in [1.165, 1.54) is 0 Å². The number of benzene rings is 1. The van der Waals surface area contributed by atoms with Gasteiger partial charge in [0.2, 0.25) is 6.29 Å². The lowest BCUT2D eigenvalue weighted by atomic mass is 10.0. The Morgan fingerprint density at radius 1 is 1.16 bits per heavy atom. The second kappa shape index (κ2) is 10.6. The number of carboxylic acids is 1. The van der Waals surface area contributed by atoms with Gasteiger partial charge in [-0.2, -0.15) is 0 Å². The van der Waals surface area contributed by atoms with E-state index in [0.717, 1.165) is 0 Å². The molecule has 1 aromatic carbocycles. The first-order valence-corrected chi connectivity index (χ1v) is 8.37. The van der Waals surface area contributed by atoms with Gasteiger partial charge in [0.15, 0.2) is 0 Å². The highest BCUT2D eigenvalue weighted by atomic mass is 35.5. The van der Waals surface area contributed by atoms with Gasteiger partial charge in [-0.05, 0) is 24.1 Å². The number of ether oxygens (including phenoxy) is 2. The van der Waals surface area contributed by atoms with E-state index < -0.39 is 30.4 Å². The highest BCUT2D eigenvalue weighted by Gasteiger charge is 2.21. The van der Waals surface area contributed by atoms with Gasteiger partial charge >= 0.3 is 18.0 Å². The Morgan fingerprint density at radius 2 is 1.80 bits per heavy atom. The fraction of sp³-hybridized carbons (Fsp3) is 0.471. The van der Waals surface area contributed by atoms with Crippen LogP contribution in [0.2, 0.25) is 5.02 Å². The van der Waals surface area contributed by atoms with Crippen molar-refractivity contribution in [1.29, 1.82) is 0 Å². The van der Waals surface area contributed by atoms with Gasteiger partial charge in [-0.15, -0.1) is 0 Å². The zero-order valence-electron chi connectivity index (χ0n) is 14.2. The highest BCUT2D eigenvalue weighted by molar-refractivity contribution is 6.30. The van der Waals surface area contributed by atoms with Crippen LogP contribution in [0.1, 0.15) is 51.1 Å². The van der Waals surface area contributed by atoms with Crippen molar-refractivity contribution in [3.05, 3.63) is 34.9 Å². The summed E-state index contributed by atoms with van der Waals surface area (Å²) in [6.45, 7) is 3.35. The molecule has 1 amide bonds. The highest BCUT2D eigenvalue weighted by Crippen LogP contribution is 2.21. The predicted octanol–water partition coefficient (Wildman–Crippen LogP) is 3.66. The number of carboxylic acid groups (broad SMARTS) is 1. The first-order chi connectivity index (χ1) is 11.8. The van der Waals surface area contributed by atoms with Gasteiger partial charge in [-0.25, -0.2) is 4.79 Å². The molecular weight excluding hydrogens is 350 g/mol. The average molecular weight is 372 g/mol. The molecule has 0 bridgehead atoms. The number of aliphatic carboxylic acids is 1. The lowest BCUT2D eigenvalue weighted by Gasteiger charge is -2.21. The first kappa shape index (κ1) is 20.8. The van der Waals surface area contributed by atoms with Crippen molar-refractivity contribution in [3.8, 4) is 0 Å². The maximum absolute atomic E-state index is 12.1. The Kier molecular flexibility index (Phi) is 8.77. The summed E-state index contributed by atoms with van der Waals surface area (Å²) in [5.74, 6) is -1.45. The van der Waals surface area contributed by atoms with E-state index in [-0.39, 0.29) is 19.3 Å². The Hall–Kier alpha value is -2.28. The first-order valence-electron chi connectivity index (χ1n) is 7.99. The summed E-state index contributed by atoms with van der Waals surface area (Å²) < 4.78 is 10.1. The number of rotatable bonds is 9. The fourth-order valence-electron chi connectivity index (χ4n) is 2.00. The molecule has 138 valence electrons. The smallest absolute Gasteiger partial charge is 0.410 e. The molecule has 0 radical (unpaired) electrons. The zero-order chi connectivity index (χ0) is 18.8. The molecule has 0 heterocycles. The second-order valence-electron chi connectivity index (χ2n) is 5.27. The summed E-state index contributed by atoms with van der Waals surface area (Å²) in [5, 5.41) is 12.0. The SMILES string of the molecule is CCC(=O)OC(CC)OC(=O)NC(CCC(=O)O)c1ccc(Cl)cc1. The maximum Gasteiger partial charge on any atom is 0.410 e. The Bertz CT molecular complexity index is 589.